The summed E-state index contributed by atoms with van der Waals surface area (Å²) in [5, 5.41) is 12.6. The number of carbonyl (C=O) groups excluding carboxylic acids is 1. The van der Waals surface area contributed by atoms with E-state index in [9.17, 15) is 4.79 Å². The molecule has 0 spiro atoms. The number of amides is 1. The number of hydrogen-bond donors (Lipinski definition) is 1. The number of hydrogen-bond acceptors (Lipinski definition) is 4. The van der Waals surface area contributed by atoms with E-state index in [0.29, 0.717) is 23.9 Å². The van der Waals surface area contributed by atoms with Crippen LogP contribution in [0.1, 0.15) is 45.0 Å². The highest BCUT2D eigenvalue weighted by Gasteiger charge is 2.20. The smallest absolute Gasteiger partial charge is 0.252 e. The van der Waals surface area contributed by atoms with Crippen LogP contribution in [-0.2, 0) is 6.54 Å². The molecule has 1 N–H and O–H groups in total. The van der Waals surface area contributed by atoms with Crippen molar-refractivity contribution in [1.82, 2.24) is 20.1 Å². The maximum Gasteiger partial charge on any atom is 0.252 e. The molecule has 0 aliphatic carbocycles. The van der Waals surface area contributed by atoms with E-state index in [1.54, 1.807) is 11.8 Å². The number of benzene rings is 1. The minimum atomic E-state index is -0.100. The molecular weight excluding hydrogens is 344 g/mol. The zero-order valence-electron chi connectivity index (χ0n) is 16.2. The van der Waals surface area contributed by atoms with Crippen LogP contribution in [0.25, 0.3) is 11.4 Å². The van der Waals surface area contributed by atoms with Gasteiger partial charge in [-0.3, -0.25) is 9.36 Å². The van der Waals surface area contributed by atoms with Crippen molar-refractivity contribution in [2.45, 2.75) is 52.4 Å². The molecule has 0 aliphatic heterocycles. The Morgan fingerprint density at radius 2 is 1.92 bits per heavy atom. The first-order valence-corrected chi connectivity index (χ1v) is 9.88. The minimum absolute atomic E-state index is 0.0704. The zero-order valence-corrected chi connectivity index (χ0v) is 17.1. The standard InChI is InChI=1S/C20H28N4OS/c1-13(2)11-24-18(22-23-20(24)26-12-14(3)4)16-9-7-8-10-17(16)19(25)21-15(5)6/h7-10,14-15H,1,11-12H2,2-6H3,(H,21,25). The van der Waals surface area contributed by atoms with Crippen LogP contribution in [0.3, 0.4) is 0 Å². The summed E-state index contributed by atoms with van der Waals surface area (Å²) < 4.78 is 2.05. The lowest BCUT2D eigenvalue weighted by Gasteiger charge is -2.14. The molecule has 0 saturated carbocycles. The molecule has 2 rings (SSSR count). The molecule has 0 aliphatic rings. The Morgan fingerprint density at radius 1 is 1.23 bits per heavy atom. The van der Waals surface area contributed by atoms with Gasteiger partial charge in [0.05, 0.1) is 5.56 Å². The fourth-order valence-electron chi connectivity index (χ4n) is 2.46. The lowest BCUT2D eigenvalue weighted by atomic mass is 10.1. The van der Waals surface area contributed by atoms with Gasteiger partial charge in [-0.1, -0.05) is 56.0 Å². The topological polar surface area (TPSA) is 59.8 Å². The van der Waals surface area contributed by atoms with Gasteiger partial charge >= 0.3 is 0 Å². The van der Waals surface area contributed by atoms with E-state index in [4.69, 9.17) is 0 Å². The SMILES string of the molecule is C=C(C)Cn1c(SCC(C)C)nnc1-c1ccccc1C(=O)NC(C)C. The van der Waals surface area contributed by atoms with E-state index in [0.717, 1.165) is 22.0 Å². The first kappa shape index (κ1) is 20.2. The van der Waals surface area contributed by atoms with Gasteiger partial charge < -0.3 is 5.32 Å². The van der Waals surface area contributed by atoms with Crippen LogP contribution < -0.4 is 5.32 Å². The Balaban J connectivity index is 2.48. The maximum atomic E-state index is 12.6. The highest BCUT2D eigenvalue weighted by atomic mass is 32.2. The number of thioether (sulfide) groups is 1. The van der Waals surface area contributed by atoms with Crippen molar-refractivity contribution >= 4 is 17.7 Å². The van der Waals surface area contributed by atoms with Crippen LogP contribution in [-0.4, -0.2) is 32.5 Å². The van der Waals surface area contributed by atoms with Crippen molar-refractivity contribution in [3.05, 3.63) is 42.0 Å². The molecule has 5 nitrogen and oxygen atoms in total. The molecule has 6 heteroatoms. The lowest BCUT2D eigenvalue weighted by Crippen LogP contribution is -2.30. The average molecular weight is 373 g/mol. The zero-order chi connectivity index (χ0) is 19.3. The molecule has 0 fully saturated rings. The molecule has 26 heavy (non-hydrogen) atoms. The highest BCUT2D eigenvalue weighted by molar-refractivity contribution is 7.99. The Hall–Kier alpha value is -2.08. The number of aromatic nitrogens is 3. The molecule has 140 valence electrons. The second-order valence-electron chi connectivity index (χ2n) is 7.23. The van der Waals surface area contributed by atoms with E-state index < -0.39 is 0 Å². The van der Waals surface area contributed by atoms with Crippen LogP contribution in [0, 0.1) is 5.92 Å². The van der Waals surface area contributed by atoms with Crippen molar-refractivity contribution in [1.29, 1.82) is 0 Å². The summed E-state index contributed by atoms with van der Waals surface area (Å²) in [5.74, 6) is 2.12. The monoisotopic (exact) mass is 372 g/mol. The summed E-state index contributed by atoms with van der Waals surface area (Å²) in [7, 11) is 0. The summed E-state index contributed by atoms with van der Waals surface area (Å²) in [6.45, 7) is 14.9. The Bertz CT molecular complexity index is 780. The predicted molar refractivity (Wildman–Crippen MR) is 108 cm³/mol. The normalized spacial score (nSPS) is 11.2. The molecule has 0 atom stereocenters. The summed E-state index contributed by atoms with van der Waals surface area (Å²) in [4.78, 5) is 12.6. The van der Waals surface area contributed by atoms with E-state index in [2.05, 4.69) is 40.5 Å². The van der Waals surface area contributed by atoms with Crippen LogP contribution in [0.2, 0.25) is 0 Å². The van der Waals surface area contributed by atoms with E-state index in [1.165, 1.54) is 0 Å². The van der Waals surface area contributed by atoms with Crippen LogP contribution in [0.4, 0.5) is 0 Å². The number of nitrogens with zero attached hydrogens (tertiary/aromatic N) is 3. The fraction of sp³-hybridized carbons (Fsp3) is 0.450. The fourth-order valence-corrected chi connectivity index (χ4v) is 3.35. The van der Waals surface area contributed by atoms with Gasteiger partial charge in [-0.2, -0.15) is 0 Å². The molecule has 0 radical (unpaired) electrons. The first-order valence-electron chi connectivity index (χ1n) is 8.90. The van der Waals surface area contributed by atoms with Crippen LogP contribution in [0.5, 0.6) is 0 Å². The molecular formula is C20H28N4OS. The second-order valence-corrected chi connectivity index (χ2v) is 8.22. The summed E-state index contributed by atoms with van der Waals surface area (Å²) in [5.41, 5.74) is 2.41. The molecule has 1 heterocycles. The average Bonchev–Trinajstić information content (AvgIpc) is 2.94. The number of rotatable bonds is 8. The summed E-state index contributed by atoms with van der Waals surface area (Å²) in [6, 6.07) is 7.61. The Morgan fingerprint density at radius 3 is 2.54 bits per heavy atom. The quantitative estimate of drug-likeness (QED) is 0.551. The summed E-state index contributed by atoms with van der Waals surface area (Å²) >= 11 is 1.69. The number of allylic oxidation sites excluding steroid dienone is 1. The van der Waals surface area contributed by atoms with E-state index in [1.807, 2.05) is 45.0 Å². The summed E-state index contributed by atoms with van der Waals surface area (Å²) in [6.07, 6.45) is 0. The third kappa shape index (κ3) is 5.21. The molecule has 1 aromatic heterocycles. The lowest BCUT2D eigenvalue weighted by molar-refractivity contribution is 0.0943. The molecule has 0 bridgehead atoms. The third-order valence-corrected chi connectivity index (χ3v) is 4.92. The molecule has 1 amide bonds. The van der Waals surface area contributed by atoms with Gasteiger partial charge in [0.25, 0.3) is 5.91 Å². The van der Waals surface area contributed by atoms with Crippen LogP contribution >= 0.6 is 11.8 Å². The van der Waals surface area contributed by atoms with Gasteiger partial charge in [0, 0.05) is 23.9 Å². The van der Waals surface area contributed by atoms with Gasteiger partial charge in [-0.25, -0.2) is 0 Å². The number of nitrogens with one attached hydrogen (secondary N) is 1. The largest absolute Gasteiger partial charge is 0.350 e. The molecule has 0 unspecified atom stereocenters. The Kier molecular flexibility index (Phi) is 7.03. The molecule has 2 aromatic rings. The van der Waals surface area contributed by atoms with E-state index >= 15 is 0 Å². The second kappa shape index (κ2) is 9.03. The van der Waals surface area contributed by atoms with Gasteiger partial charge in [-0.05, 0) is 32.8 Å². The van der Waals surface area contributed by atoms with Crippen molar-refractivity contribution < 1.29 is 4.79 Å². The highest BCUT2D eigenvalue weighted by Crippen LogP contribution is 2.28. The molecule has 0 saturated heterocycles. The number of carbonyl (C=O) groups is 1. The van der Waals surface area contributed by atoms with Crippen molar-refractivity contribution in [2.75, 3.05) is 5.75 Å². The minimum Gasteiger partial charge on any atom is -0.350 e. The molecule has 1 aromatic carbocycles. The van der Waals surface area contributed by atoms with Gasteiger partial charge in [0.1, 0.15) is 0 Å². The van der Waals surface area contributed by atoms with Gasteiger partial charge in [0.15, 0.2) is 11.0 Å². The van der Waals surface area contributed by atoms with Crippen LogP contribution in [0.15, 0.2) is 41.6 Å². The maximum absolute atomic E-state index is 12.6. The van der Waals surface area contributed by atoms with Crippen molar-refractivity contribution in [3.63, 3.8) is 0 Å². The predicted octanol–water partition coefficient (Wildman–Crippen LogP) is 4.41. The Labute approximate surface area is 160 Å². The van der Waals surface area contributed by atoms with Gasteiger partial charge in [0.2, 0.25) is 0 Å². The van der Waals surface area contributed by atoms with Gasteiger partial charge in [-0.15, -0.1) is 10.2 Å². The first-order chi connectivity index (χ1) is 12.3. The van der Waals surface area contributed by atoms with Crippen molar-refractivity contribution in [3.8, 4) is 11.4 Å². The van der Waals surface area contributed by atoms with E-state index in [-0.39, 0.29) is 11.9 Å². The van der Waals surface area contributed by atoms with Crippen molar-refractivity contribution in [2.24, 2.45) is 5.92 Å². The third-order valence-electron chi connectivity index (χ3n) is 3.52.